The molecule has 1 unspecified atom stereocenters. The van der Waals surface area contributed by atoms with Gasteiger partial charge in [-0.3, -0.25) is 9.63 Å². The predicted octanol–water partition coefficient (Wildman–Crippen LogP) is 5.06. The molecule has 4 atom stereocenters. The van der Waals surface area contributed by atoms with Crippen LogP contribution >= 0.6 is 23.2 Å². The van der Waals surface area contributed by atoms with E-state index in [0.29, 0.717) is 17.6 Å². The Bertz CT molecular complexity index is 970. The van der Waals surface area contributed by atoms with Crippen LogP contribution in [0.15, 0.2) is 51.0 Å². The van der Waals surface area contributed by atoms with Gasteiger partial charge in [-0.1, -0.05) is 41.4 Å². The summed E-state index contributed by atoms with van der Waals surface area (Å²) in [5.74, 6) is 3.41. The lowest BCUT2D eigenvalue weighted by Crippen LogP contribution is -2.48. The number of nitrogens with two attached hydrogens (primary N) is 1. The first-order valence-electron chi connectivity index (χ1n) is 10.2. The summed E-state index contributed by atoms with van der Waals surface area (Å²) in [6.07, 6.45) is -1.73. The summed E-state index contributed by atoms with van der Waals surface area (Å²) >= 11 is 11.6. The van der Waals surface area contributed by atoms with Crippen LogP contribution in [0.5, 0.6) is 0 Å². The quantitative estimate of drug-likeness (QED) is 0.226. The van der Waals surface area contributed by atoms with Gasteiger partial charge in [0.25, 0.3) is 5.60 Å². The first kappa shape index (κ1) is 25.7. The molecule has 1 heterocycles. The van der Waals surface area contributed by atoms with Gasteiger partial charge in [0.2, 0.25) is 5.91 Å². The minimum absolute atomic E-state index is 0.0560. The van der Waals surface area contributed by atoms with E-state index in [-0.39, 0.29) is 23.6 Å². The van der Waals surface area contributed by atoms with E-state index in [2.05, 4.69) is 15.3 Å². The van der Waals surface area contributed by atoms with E-state index in [1.807, 2.05) is 0 Å². The van der Waals surface area contributed by atoms with E-state index in [0.717, 1.165) is 6.08 Å². The number of amides is 1. The lowest BCUT2D eigenvalue weighted by atomic mass is 9.80. The van der Waals surface area contributed by atoms with Crippen LogP contribution in [0.2, 0.25) is 0 Å². The first-order chi connectivity index (χ1) is 15.4. The summed E-state index contributed by atoms with van der Waals surface area (Å²) in [5.41, 5.74) is -2.01. The van der Waals surface area contributed by atoms with Crippen molar-refractivity contribution < 1.29 is 32.0 Å². The fraction of sp³-hybridized carbons (Fsp3) is 0.524. The SMILES string of the molecule is CCC(NC(=O)[C@H]1CC=C(C2=NO[C@@](C3=CC(Cl)=C(F)[C@H](Cl)C3)(C(F)(F)F)C2)C=C1C)ON. The number of hydrogen-bond acceptors (Lipinski definition) is 5. The Morgan fingerprint density at radius 2 is 2.15 bits per heavy atom. The molecular weight excluding hydrogens is 489 g/mol. The van der Waals surface area contributed by atoms with Crippen LogP contribution in [-0.4, -0.2) is 35.0 Å². The lowest BCUT2D eigenvalue weighted by Gasteiger charge is -2.34. The zero-order chi connectivity index (χ0) is 24.6. The number of alkyl halides is 4. The van der Waals surface area contributed by atoms with Crippen molar-refractivity contribution >= 4 is 34.8 Å². The Kier molecular flexibility index (Phi) is 7.62. The monoisotopic (exact) mass is 511 g/mol. The highest BCUT2D eigenvalue weighted by Gasteiger charge is 2.63. The molecule has 12 heteroatoms. The fourth-order valence-corrected chi connectivity index (χ4v) is 4.53. The average Bonchev–Trinajstić information content (AvgIpc) is 3.22. The van der Waals surface area contributed by atoms with Crippen molar-refractivity contribution in [3.8, 4) is 0 Å². The van der Waals surface area contributed by atoms with Crippen molar-refractivity contribution in [3.63, 3.8) is 0 Å². The van der Waals surface area contributed by atoms with Crippen molar-refractivity contribution in [3.05, 3.63) is 45.8 Å². The number of oxime groups is 1. The van der Waals surface area contributed by atoms with Gasteiger partial charge in [0.15, 0.2) is 0 Å². The Labute approximate surface area is 198 Å². The number of hydrogen-bond donors (Lipinski definition) is 2. The Morgan fingerprint density at radius 3 is 2.70 bits per heavy atom. The van der Waals surface area contributed by atoms with Crippen LogP contribution in [0.3, 0.4) is 0 Å². The molecule has 0 aromatic carbocycles. The van der Waals surface area contributed by atoms with Crippen molar-refractivity contribution in [2.45, 2.75) is 62.9 Å². The lowest BCUT2D eigenvalue weighted by molar-refractivity contribution is -0.254. The van der Waals surface area contributed by atoms with Crippen molar-refractivity contribution in [1.82, 2.24) is 5.32 Å². The molecule has 0 aromatic rings. The van der Waals surface area contributed by atoms with E-state index in [4.69, 9.17) is 33.9 Å². The highest BCUT2D eigenvalue weighted by atomic mass is 35.5. The number of halogens is 6. The molecule has 1 aliphatic heterocycles. The molecule has 182 valence electrons. The molecule has 3 aliphatic rings. The second-order valence-corrected chi connectivity index (χ2v) is 8.98. The molecule has 33 heavy (non-hydrogen) atoms. The standard InChI is InChI=1S/C21H23Cl2F4N3O3/c1-3-17(32-28)29-19(31)13-5-4-11(6-10(13)2)16-9-20(33-30-16,21(25,26)27)12-7-14(22)18(24)15(23)8-12/h4,6-7,13,15,17H,3,5,8-9,28H2,1-2H3,(H,29,31)/t13-,15+,17?,20-/m0/s1. The number of allylic oxidation sites excluding steroid dienone is 6. The maximum Gasteiger partial charge on any atom is 0.435 e. The van der Waals surface area contributed by atoms with Gasteiger partial charge in [-0.2, -0.15) is 13.2 Å². The molecule has 6 nitrogen and oxygen atoms in total. The molecule has 3 N–H and O–H groups in total. The third-order valence-corrected chi connectivity index (χ3v) is 6.54. The van der Waals surface area contributed by atoms with Crippen molar-refractivity contribution in [2.24, 2.45) is 17.0 Å². The second kappa shape index (κ2) is 9.77. The first-order valence-corrected chi connectivity index (χ1v) is 11.0. The summed E-state index contributed by atoms with van der Waals surface area (Å²) in [4.78, 5) is 22.2. The molecule has 0 saturated carbocycles. The summed E-state index contributed by atoms with van der Waals surface area (Å²) in [6, 6.07) is 0. The zero-order valence-corrected chi connectivity index (χ0v) is 19.3. The van der Waals surface area contributed by atoms with E-state index in [9.17, 15) is 22.4 Å². The summed E-state index contributed by atoms with van der Waals surface area (Å²) in [6.45, 7) is 3.49. The van der Waals surface area contributed by atoms with Gasteiger partial charge in [-0.05, 0) is 43.4 Å². The van der Waals surface area contributed by atoms with Crippen LogP contribution in [-0.2, 0) is 14.5 Å². The highest BCUT2D eigenvalue weighted by Crippen LogP contribution is 2.50. The van der Waals surface area contributed by atoms with E-state index >= 15 is 0 Å². The highest BCUT2D eigenvalue weighted by molar-refractivity contribution is 6.33. The number of carbonyl (C=O) groups excluding carboxylic acids is 1. The number of rotatable bonds is 6. The number of nitrogens with zero attached hydrogens (tertiary/aromatic N) is 1. The maximum atomic E-state index is 14.2. The maximum absolute atomic E-state index is 14.2. The van der Waals surface area contributed by atoms with Gasteiger partial charge in [0.1, 0.15) is 12.1 Å². The van der Waals surface area contributed by atoms with Crippen LogP contribution in [0.4, 0.5) is 17.6 Å². The summed E-state index contributed by atoms with van der Waals surface area (Å²) in [7, 11) is 0. The van der Waals surface area contributed by atoms with Gasteiger partial charge >= 0.3 is 6.18 Å². The van der Waals surface area contributed by atoms with Gasteiger partial charge in [0, 0.05) is 6.42 Å². The van der Waals surface area contributed by atoms with Crippen LogP contribution in [0, 0.1) is 5.92 Å². The average molecular weight is 512 g/mol. The van der Waals surface area contributed by atoms with Gasteiger partial charge in [-0.25, -0.2) is 10.3 Å². The molecule has 0 bridgehead atoms. The normalized spacial score (nSPS) is 29.0. The predicted molar refractivity (Wildman–Crippen MR) is 116 cm³/mol. The molecule has 0 fully saturated rings. The number of carbonyl (C=O) groups is 1. The van der Waals surface area contributed by atoms with Gasteiger partial charge in [0.05, 0.1) is 22.0 Å². The van der Waals surface area contributed by atoms with Gasteiger partial charge in [-0.15, -0.1) is 11.6 Å². The third kappa shape index (κ3) is 4.99. The number of nitrogens with one attached hydrogen (secondary N) is 1. The molecule has 1 amide bonds. The largest absolute Gasteiger partial charge is 0.435 e. The van der Waals surface area contributed by atoms with E-state index < -0.39 is 53.0 Å². The van der Waals surface area contributed by atoms with Crippen LogP contribution < -0.4 is 11.2 Å². The van der Waals surface area contributed by atoms with Crippen LogP contribution in [0.25, 0.3) is 0 Å². The fourth-order valence-electron chi connectivity index (χ4n) is 3.93. The smallest absolute Gasteiger partial charge is 0.374 e. The minimum Gasteiger partial charge on any atom is -0.374 e. The minimum atomic E-state index is -4.86. The molecule has 2 aliphatic carbocycles. The molecule has 3 rings (SSSR count). The molecule has 0 spiro atoms. The van der Waals surface area contributed by atoms with Crippen LogP contribution in [0.1, 0.15) is 39.5 Å². The molecule has 0 saturated heterocycles. The van der Waals surface area contributed by atoms with E-state index in [1.165, 1.54) is 0 Å². The third-order valence-electron chi connectivity index (χ3n) is 5.90. The Hall–Kier alpha value is -1.88. The van der Waals surface area contributed by atoms with E-state index in [1.54, 1.807) is 26.0 Å². The van der Waals surface area contributed by atoms with Crippen molar-refractivity contribution in [1.29, 1.82) is 0 Å². The second-order valence-electron chi connectivity index (χ2n) is 8.05. The Balaban J connectivity index is 1.81. The van der Waals surface area contributed by atoms with Gasteiger partial charge < -0.3 is 10.2 Å². The summed E-state index contributed by atoms with van der Waals surface area (Å²) < 4.78 is 56.4. The molecular formula is C21H23Cl2F4N3O3. The summed E-state index contributed by atoms with van der Waals surface area (Å²) in [5, 5.41) is 4.55. The van der Waals surface area contributed by atoms with Crippen molar-refractivity contribution in [2.75, 3.05) is 0 Å². The topological polar surface area (TPSA) is 85.9 Å². The zero-order valence-electron chi connectivity index (χ0n) is 17.8. The molecule has 0 radical (unpaired) electrons. The Morgan fingerprint density at radius 1 is 1.45 bits per heavy atom. The molecule has 0 aromatic heterocycles.